The summed E-state index contributed by atoms with van der Waals surface area (Å²) in [5.74, 6) is 0. The lowest BCUT2D eigenvalue weighted by atomic mass is 10.2. The molecule has 3 N–H and O–H groups in total. The summed E-state index contributed by atoms with van der Waals surface area (Å²) >= 11 is 3.45. The van der Waals surface area contributed by atoms with E-state index in [0.717, 1.165) is 15.6 Å². The van der Waals surface area contributed by atoms with Crippen molar-refractivity contribution >= 4 is 21.4 Å². The van der Waals surface area contributed by atoms with E-state index in [9.17, 15) is 0 Å². The first-order valence-electron chi connectivity index (χ1n) is 4.64. The number of nitrogens with zero attached hydrogens (tertiary/aromatic N) is 2. The molecule has 0 fully saturated rings. The number of fused-ring (bicyclic) bond motifs is 1. The fourth-order valence-corrected chi connectivity index (χ4v) is 2.13. The number of aryl methyl sites for hydroxylation is 1. The van der Waals surface area contributed by atoms with E-state index in [-0.39, 0.29) is 6.61 Å². The van der Waals surface area contributed by atoms with Crippen LogP contribution in [0.2, 0.25) is 0 Å². The topological polar surface area (TPSA) is 63.5 Å². The third kappa shape index (κ3) is 1.78. The molecule has 0 amide bonds. The second-order valence-corrected chi connectivity index (χ2v) is 4.32. The number of pyridine rings is 1. The van der Waals surface area contributed by atoms with Crippen molar-refractivity contribution in [3.8, 4) is 0 Å². The normalized spacial score (nSPS) is 13.3. The first-order valence-corrected chi connectivity index (χ1v) is 5.43. The van der Waals surface area contributed by atoms with Gasteiger partial charge in [0.1, 0.15) is 0 Å². The van der Waals surface area contributed by atoms with E-state index in [1.54, 1.807) is 4.52 Å². The third-order valence-corrected chi connectivity index (χ3v) is 3.12. The molecule has 0 bridgehead atoms. The van der Waals surface area contributed by atoms with Crippen LogP contribution in [0.3, 0.4) is 0 Å². The quantitative estimate of drug-likeness (QED) is 0.867. The van der Waals surface area contributed by atoms with Gasteiger partial charge in [0.05, 0.1) is 28.3 Å². The van der Waals surface area contributed by atoms with Gasteiger partial charge in [0.2, 0.25) is 0 Å². The number of hydrogen-bond donors (Lipinski definition) is 2. The van der Waals surface area contributed by atoms with E-state index >= 15 is 0 Å². The third-order valence-electron chi connectivity index (χ3n) is 2.30. The van der Waals surface area contributed by atoms with Crippen LogP contribution in [-0.2, 0) is 0 Å². The fraction of sp³-hybridized carbons (Fsp3) is 0.300. The maximum absolute atomic E-state index is 9.00. The summed E-state index contributed by atoms with van der Waals surface area (Å²) in [6, 6.07) is 3.55. The molecule has 0 saturated heterocycles. The molecule has 2 aromatic rings. The Morgan fingerprint density at radius 3 is 3.07 bits per heavy atom. The minimum atomic E-state index is -0.445. The molecule has 0 aliphatic carbocycles. The van der Waals surface area contributed by atoms with Crippen LogP contribution in [0.1, 0.15) is 17.3 Å². The second kappa shape index (κ2) is 3.92. The molecule has 4 nitrogen and oxygen atoms in total. The van der Waals surface area contributed by atoms with Gasteiger partial charge in [-0.1, -0.05) is 0 Å². The van der Waals surface area contributed by atoms with Gasteiger partial charge in [0, 0.05) is 6.20 Å². The van der Waals surface area contributed by atoms with Crippen molar-refractivity contribution in [2.45, 2.75) is 13.0 Å². The summed E-state index contributed by atoms with van der Waals surface area (Å²) in [6.45, 7) is 1.91. The minimum absolute atomic E-state index is 0.110. The van der Waals surface area contributed by atoms with Crippen LogP contribution in [0.4, 0.5) is 0 Å². The predicted octanol–water partition coefficient (Wildman–Crippen LogP) is 1.40. The van der Waals surface area contributed by atoms with Crippen LogP contribution in [0.25, 0.3) is 5.52 Å². The Hall–Kier alpha value is -0.910. The molecule has 0 aromatic carbocycles. The highest BCUT2D eigenvalue weighted by Gasteiger charge is 2.15. The summed E-state index contributed by atoms with van der Waals surface area (Å²) in [5.41, 5.74) is 8.55. The zero-order valence-electron chi connectivity index (χ0n) is 8.31. The molecule has 0 saturated carbocycles. The lowest BCUT2D eigenvalue weighted by molar-refractivity contribution is 0.265. The Bertz CT molecular complexity index is 495. The largest absolute Gasteiger partial charge is 0.394 e. The van der Waals surface area contributed by atoms with Crippen LogP contribution in [0.5, 0.6) is 0 Å². The van der Waals surface area contributed by atoms with Crippen LogP contribution in [-0.4, -0.2) is 21.3 Å². The fourth-order valence-electron chi connectivity index (χ4n) is 1.46. The maximum Gasteiger partial charge on any atom is 0.0967 e. The molecular weight excluding hydrogens is 258 g/mol. The Morgan fingerprint density at radius 2 is 2.40 bits per heavy atom. The Morgan fingerprint density at radius 1 is 1.67 bits per heavy atom. The Kier molecular flexibility index (Phi) is 2.77. The van der Waals surface area contributed by atoms with E-state index in [1.807, 2.05) is 25.3 Å². The Labute approximate surface area is 95.8 Å². The van der Waals surface area contributed by atoms with Gasteiger partial charge in [-0.05, 0) is 40.5 Å². The number of rotatable bonds is 2. The number of hydrogen-bond acceptors (Lipinski definition) is 3. The molecule has 80 valence electrons. The molecule has 0 aliphatic heterocycles. The van der Waals surface area contributed by atoms with Gasteiger partial charge < -0.3 is 10.8 Å². The first-order chi connectivity index (χ1) is 7.13. The van der Waals surface area contributed by atoms with Crippen molar-refractivity contribution < 1.29 is 5.11 Å². The number of aliphatic hydroxyl groups is 1. The molecule has 0 aliphatic rings. The average Bonchev–Trinajstić information content (AvgIpc) is 2.55. The smallest absolute Gasteiger partial charge is 0.0967 e. The van der Waals surface area contributed by atoms with Crippen molar-refractivity contribution in [2.75, 3.05) is 6.61 Å². The monoisotopic (exact) mass is 269 g/mol. The zero-order chi connectivity index (χ0) is 11.0. The molecule has 0 spiro atoms. The summed E-state index contributed by atoms with van der Waals surface area (Å²) in [6.07, 6.45) is 1.88. The van der Waals surface area contributed by atoms with Gasteiger partial charge in [-0.25, -0.2) is 4.52 Å². The second-order valence-electron chi connectivity index (χ2n) is 3.52. The number of aliphatic hydroxyl groups excluding tert-OH is 1. The van der Waals surface area contributed by atoms with Crippen LogP contribution < -0.4 is 5.73 Å². The van der Waals surface area contributed by atoms with Gasteiger partial charge in [0.15, 0.2) is 0 Å². The summed E-state index contributed by atoms with van der Waals surface area (Å²) in [5, 5.41) is 13.3. The van der Waals surface area contributed by atoms with Crippen molar-refractivity contribution in [1.82, 2.24) is 9.61 Å². The van der Waals surface area contributed by atoms with E-state index in [4.69, 9.17) is 10.8 Å². The highest BCUT2D eigenvalue weighted by Crippen LogP contribution is 2.26. The van der Waals surface area contributed by atoms with E-state index in [1.165, 1.54) is 0 Å². The number of nitrogens with two attached hydrogens (primary N) is 1. The van der Waals surface area contributed by atoms with Crippen LogP contribution in [0.15, 0.2) is 22.8 Å². The maximum atomic E-state index is 9.00. The molecule has 2 rings (SSSR count). The van der Waals surface area contributed by atoms with Crippen molar-refractivity contribution in [3.05, 3.63) is 34.1 Å². The van der Waals surface area contributed by atoms with Crippen molar-refractivity contribution in [2.24, 2.45) is 5.73 Å². The van der Waals surface area contributed by atoms with Gasteiger partial charge in [0.25, 0.3) is 0 Å². The van der Waals surface area contributed by atoms with E-state index in [2.05, 4.69) is 21.0 Å². The first kappa shape index (κ1) is 10.6. The predicted molar refractivity (Wildman–Crippen MR) is 61.6 cm³/mol. The molecule has 2 aromatic heterocycles. The standard InChI is InChI=1S/C10H12BrN3O/c1-6-2-3-14-8(4-6)9(11)10(13-14)7(12)5-15/h2-4,7,15H,5,12H2,1H3. The molecule has 2 heterocycles. The number of aromatic nitrogens is 2. The molecule has 1 atom stereocenters. The summed E-state index contributed by atoms with van der Waals surface area (Å²) in [4.78, 5) is 0. The lowest BCUT2D eigenvalue weighted by Crippen LogP contribution is -2.15. The molecule has 1 unspecified atom stereocenters. The highest BCUT2D eigenvalue weighted by atomic mass is 79.9. The van der Waals surface area contributed by atoms with Gasteiger partial charge >= 0.3 is 0 Å². The summed E-state index contributed by atoms with van der Waals surface area (Å²) in [7, 11) is 0. The molecule has 5 heteroatoms. The van der Waals surface area contributed by atoms with Crippen LogP contribution >= 0.6 is 15.9 Å². The summed E-state index contributed by atoms with van der Waals surface area (Å²) < 4.78 is 2.61. The highest BCUT2D eigenvalue weighted by molar-refractivity contribution is 9.10. The van der Waals surface area contributed by atoms with E-state index < -0.39 is 6.04 Å². The Balaban J connectivity index is 2.64. The van der Waals surface area contributed by atoms with Crippen molar-refractivity contribution in [3.63, 3.8) is 0 Å². The SMILES string of the molecule is Cc1ccn2nc(C(N)CO)c(Br)c2c1. The lowest BCUT2D eigenvalue weighted by Gasteiger charge is -2.03. The van der Waals surface area contributed by atoms with E-state index in [0.29, 0.717) is 5.69 Å². The van der Waals surface area contributed by atoms with Crippen LogP contribution in [0, 0.1) is 6.92 Å². The van der Waals surface area contributed by atoms with Gasteiger partial charge in [-0.3, -0.25) is 0 Å². The zero-order valence-corrected chi connectivity index (χ0v) is 9.90. The van der Waals surface area contributed by atoms with Crippen molar-refractivity contribution in [1.29, 1.82) is 0 Å². The number of halogens is 1. The van der Waals surface area contributed by atoms with Gasteiger partial charge in [-0.2, -0.15) is 5.10 Å². The molecular formula is C10H12BrN3O. The average molecular weight is 270 g/mol. The molecule has 0 radical (unpaired) electrons. The van der Waals surface area contributed by atoms with Gasteiger partial charge in [-0.15, -0.1) is 0 Å². The minimum Gasteiger partial charge on any atom is -0.394 e. The molecule has 15 heavy (non-hydrogen) atoms.